The van der Waals surface area contributed by atoms with Crippen LogP contribution in [0, 0.1) is 47.3 Å². The highest BCUT2D eigenvalue weighted by Gasteiger charge is 2.58. The molecule has 0 aromatic carbocycles. The minimum absolute atomic E-state index is 0.112. The van der Waals surface area contributed by atoms with Gasteiger partial charge in [-0.3, -0.25) is 0 Å². The summed E-state index contributed by atoms with van der Waals surface area (Å²) in [6, 6.07) is 0. The Balaban J connectivity index is 1.10. The monoisotopic (exact) mass is 466 g/mol. The number of hydrogen-bond acceptors (Lipinski definition) is 5. The fraction of sp³-hybridized carbons (Fsp3) is 0.923. The second-order valence-corrected chi connectivity index (χ2v) is 12.5. The van der Waals surface area contributed by atoms with Crippen molar-refractivity contribution >= 4 is 11.9 Å². The molecule has 8 saturated carbocycles. The lowest BCUT2D eigenvalue weighted by molar-refractivity contribution is -0.226. The maximum Gasteiger partial charge on any atom is 0.376 e. The van der Waals surface area contributed by atoms with E-state index in [2.05, 4.69) is 6.92 Å². The van der Waals surface area contributed by atoms with Crippen LogP contribution in [0.5, 0.6) is 0 Å². The summed E-state index contributed by atoms with van der Waals surface area (Å²) < 4.78 is 44.7. The van der Waals surface area contributed by atoms with Gasteiger partial charge in [-0.25, -0.2) is 9.59 Å². The average Bonchev–Trinajstić information content (AvgIpc) is 2.72. The predicted octanol–water partition coefficient (Wildman–Crippen LogP) is 4.76. The number of carbonyl (C=O) groups excluding carboxylic acids is 2. The molecule has 8 bridgehead atoms. The highest BCUT2D eigenvalue weighted by molar-refractivity contribution is 5.77. The van der Waals surface area contributed by atoms with Crippen molar-refractivity contribution in [1.82, 2.24) is 0 Å². The molecule has 6 atom stereocenters. The first-order valence-corrected chi connectivity index (χ1v) is 13.0. The molecule has 6 unspecified atom stereocenters. The molecule has 33 heavy (non-hydrogen) atoms. The van der Waals surface area contributed by atoms with Crippen LogP contribution in [0.1, 0.15) is 71.6 Å². The van der Waals surface area contributed by atoms with E-state index < -0.39 is 18.0 Å². The lowest BCUT2D eigenvalue weighted by atomic mass is 9.50. The average molecular weight is 467 g/mol. The van der Waals surface area contributed by atoms with Crippen molar-refractivity contribution < 1.29 is 32.6 Å². The Morgan fingerprint density at radius 3 is 2.03 bits per heavy atom. The van der Waals surface area contributed by atoms with Gasteiger partial charge in [-0.05, 0) is 106 Å². The molecule has 0 aromatic rings. The second kappa shape index (κ2) is 7.63. The van der Waals surface area contributed by atoms with E-state index >= 15 is 0 Å². The number of alkyl halides is 2. The summed E-state index contributed by atoms with van der Waals surface area (Å²) in [7, 11) is 0. The number of rotatable bonds is 6. The van der Waals surface area contributed by atoms with Crippen molar-refractivity contribution in [2.45, 2.75) is 95.4 Å². The number of ether oxygens (including phenoxy) is 3. The van der Waals surface area contributed by atoms with Gasteiger partial charge in [0.15, 0.2) is 0 Å². The molecule has 8 aliphatic rings. The van der Waals surface area contributed by atoms with Crippen molar-refractivity contribution in [3.8, 4) is 0 Å². The van der Waals surface area contributed by atoms with Crippen molar-refractivity contribution in [1.29, 1.82) is 0 Å². The van der Waals surface area contributed by atoms with Crippen LogP contribution >= 0.6 is 0 Å². The fourth-order valence-corrected chi connectivity index (χ4v) is 9.20. The number of carbonyl (C=O) groups is 2. The lowest BCUT2D eigenvalue weighted by Crippen LogP contribution is -2.59. The van der Waals surface area contributed by atoms with E-state index in [9.17, 15) is 18.4 Å². The second-order valence-electron chi connectivity index (χ2n) is 12.5. The third-order valence-corrected chi connectivity index (χ3v) is 10.3. The summed E-state index contributed by atoms with van der Waals surface area (Å²) in [6.07, 6.45) is 8.84. The van der Waals surface area contributed by atoms with Gasteiger partial charge >= 0.3 is 17.9 Å². The molecule has 184 valence electrons. The van der Waals surface area contributed by atoms with E-state index in [1.54, 1.807) is 0 Å². The quantitative estimate of drug-likeness (QED) is 0.528. The van der Waals surface area contributed by atoms with Gasteiger partial charge in [-0.1, -0.05) is 0 Å². The molecule has 0 spiro atoms. The van der Waals surface area contributed by atoms with Gasteiger partial charge in [0.1, 0.15) is 18.3 Å². The lowest BCUT2D eigenvalue weighted by Gasteiger charge is -2.59. The molecule has 0 aromatic heterocycles. The van der Waals surface area contributed by atoms with Gasteiger partial charge in [0.25, 0.3) is 0 Å². The van der Waals surface area contributed by atoms with Crippen molar-refractivity contribution in [2.75, 3.05) is 6.61 Å². The van der Waals surface area contributed by atoms with Gasteiger partial charge in [-0.2, -0.15) is 8.78 Å². The fourth-order valence-electron chi connectivity index (χ4n) is 9.20. The summed E-state index contributed by atoms with van der Waals surface area (Å²) in [5.41, 5.74) is -0.386. The third-order valence-electron chi connectivity index (χ3n) is 10.3. The Morgan fingerprint density at radius 2 is 1.42 bits per heavy atom. The molecule has 0 aliphatic heterocycles. The third kappa shape index (κ3) is 3.71. The minimum atomic E-state index is -3.50. The van der Waals surface area contributed by atoms with E-state index in [4.69, 9.17) is 14.2 Å². The topological polar surface area (TPSA) is 61.8 Å². The smallest absolute Gasteiger partial charge is 0.376 e. The van der Waals surface area contributed by atoms with Crippen molar-refractivity contribution in [3.05, 3.63) is 0 Å². The molecule has 0 saturated heterocycles. The Labute approximate surface area is 194 Å². The van der Waals surface area contributed by atoms with Gasteiger partial charge in [0.2, 0.25) is 0 Å². The summed E-state index contributed by atoms with van der Waals surface area (Å²) in [4.78, 5) is 24.9. The zero-order chi connectivity index (χ0) is 23.1. The van der Waals surface area contributed by atoms with Crippen molar-refractivity contribution in [3.63, 3.8) is 0 Å². The normalized spacial score (nSPS) is 49.3. The molecule has 5 nitrogen and oxygen atoms in total. The highest BCUT2D eigenvalue weighted by atomic mass is 19.3. The standard InChI is InChI=1S/C26H36F2O5/c1-25(18-6-13-3-14(8-18)9-19(25)7-13)33-21(29)12-31-22-16-4-15-5-17(11-16)23(20(22)10-15)32-24(30)26(2,27)28/h13-20,22-23H,3-12H2,1-2H3. The first-order chi connectivity index (χ1) is 15.6. The summed E-state index contributed by atoms with van der Waals surface area (Å²) in [6.45, 7) is 2.60. The molecule has 0 amide bonds. The minimum Gasteiger partial charge on any atom is -0.457 e. The summed E-state index contributed by atoms with van der Waals surface area (Å²) in [5, 5.41) is 0. The molecule has 8 aliphatic carbocycles. The van der Waals surface area contributed by atoms with E-state index in [1.807, 2.05) is 0 Å². The molecule has 0 heterocycles. The number of hydrogen-bond donors (Lipinski definition) is 0. The zero-order valence-corrected chi connectivity index (χ0v) is 19.6. The first-order valence-electron chi connectivity index (χ1n) is 13.0. The van der Waals surface area contributed by atoms with Crippen LogP contribution in [0.4, 0.5) is 8.78 Å². The summed E-state index contributed by atoms with van der Waals surface area (Å²) >= 11 is 0. The van der Waals surface area contributed by atoms with Crippen LogP contribution in [0.15, 0.2) is 0 Å². The molecule has 8 fully saturated rings. The van der Waals surface area contributed by atoms with Crippen LogP contribution in [-0.4, -0.2) is 42.3 Å². The van der Waals surface area contributed by atoms with E-state index in [1.165, 1.54) is 32.1 Å². The Bertz CT molecular complexity index is 794. The highest BCUT2D eigenvalue weighted by Crippen LogP contribution is 2.60. The van der Waals surface area contributed by atoms with Gasteiger partial charge in [0, 0.05) is 12.8 Å². The largest absolute Gasteiger partial charge is 0.457 e. The van der Waals surface area contributed by atoms with Crippen LogP contribution in [-0.2, 0) is 23.8 Å². The Hall–Kier alpha value is -1.24. The summed E-state index contributed by atoms with van der Waals surface area (Å²) in [5.74, 6) is -1.89. The van der Waals surface area contributed by atoms with Crippen LogP contribution in [0.3, 0.4) is 0 Å². The molecule has 0 radical (unpaired) electrons. The van der Waals surface area contributed by atoms with E-state index in [-0.39, 0.29) is 36.1 Å². The maximum absolute atomic E-state index is 13.5. The SMILES string of the molecule is CC(F)(F)C(=O)OC1C2CC3CC(C2)C(OCC(=O)OC2(C)C4CC5CC(C4)CC2C5)C1C3. The number of esters is 2. The van der Waals surface area contributed by atoms with Gasteiger partial charge in [-0.15, -0.1) is 0 Å². The Morgan fingerprint density at radius 1 is 0.848 bits per heavy atom. The maximum atomic E-state index is 13.5. The predicted molar refractivity (Wildman–Crippen MR) is 114 cm³/mol. The van der Waals surface area contributed by atoms with Crippen LogP contribution in [0.25, 0.3) is 0 Å². The Kier molecular flexibility index (Phi) is 5.14. The molecular weight excluding hydrogens is 430 g/mol. The molecule has 7 heteroatoms. The van der Waals surface area contributed by atoms with Crippen LogP contribution < -0.4 is 0 Å². The zero-order valence-electron chi connectivity index (χ0n) is 19.6. The van der Waals surface area contributed by atoms with E-state index in [0.717, 1.165) is 37.5 Å². The van der Waals surface area contributed by atoms with Gasteiger partial charge < -0.3 is 14.2 Å². The van der Waals surface area contributed by atoms with Crippen molar-refractivity contribution in [2.24, 2.45) is 47.3 Å². The van der Waals surface area contributed by atoms with Crippen LogP contribution in [0.2, 0.25) is 0 Å². The molecular formula is C26H36F2O5. The molecule has 8 rings (SSSR count). The van der Waals surface area contributed by atoms with E-state index in [0.29, 0.717) is 30.6 Å². The van der Waals surface area contributed by atoms with Gasteiger partial charge in [0.05, 0.1) is 6.10 Å². The molecule has 0 N–H and O–H groups in total. The first kappa shape index (κ1) is 22.2. The number of halogens is 2.